The van der Waals surface area contributed by atoms with Gasteiger partial charge in [0.25, 0.3) is 0 Å². The lowest BCUT2D eigenvalue weighted by molar-refractivity contribution is -0.167. The molecule has 0 radical (unpaired) electrons. The highest BCUT2D eigenvalue weighted by Crippen LogP contribution is 2.18. The van der Waals surface area contributed by atoms with Gasteiger partial charge in [-0.1, -0.05) is 325 Å². The summed E-state index contributed by atoms with van der Waals surface area (Å²) in [6, 6.07) is 0. The first kappa shape index (κ1) is 75.8. The number of allylic oxidation sites excluding steroid dienone is 12. The first-order valence-electron chi connectivity index (χ1n) is 34.4. The highest BCUT2D eigenvalue weighted by molar-refractivity contribution is 5.71. The Morgan fingerprint density at radius 1 is 0.266 bits per heavy atom. The van der Waals surface area contributed by atoms with Crippen molar-refractivity contribution in [2.24, 2.45) is 0 Å². The molecule has 0 aliphatic heterocycles. The van der Waals surface area contributed by atoms with E-state index in [1.807, 2.05) is 0 Å². The van der Waals surface area contributed by atoms with Crippen LogP contribution in [0.2, 0.25) is 0 Å². The van der Waals surface area contributed by atoms with E-state index < -0.39 is 6.10 Å². The van der Waals surface area contributed by atoms with Gasteiger partial charge in [0, 0.05) is 19.3 Å². The second-order valence-corrected chi connectivity index (χ2v) is 23.1. The van der Waals surface area contributed by atoms with Gasteiger partial charge in [0.1, 0.15) is 13.2 Å². The quantitative estimate of drug-likeness (QED) is 0.0261. The highest BCUT2D eigenvalue weighted by atomic mass is 16.6. The van der Waals surface area contributed by atoms with Gasteiger partial charge in [-0.2, -0.15) is 0 Å². The maximum atomic E-state index is 12.9. The van der Waals surface area contributed by atoms with Crippen LogP contribution in [0.4, 0.5) is 0 Å². The second-order valence-electron chi connectivity index (χ2n) is 23.1. The Bertz CT molecular complexity index is 1450. The average molecular weight is 1100 g/mol. The van der Waals surface area contributed by atoms with Gasteiger partial charge in [0.2, 0.25) is 0 Å². The molecule has 0 N–H and O–H groups in total. The Morgan fingerprint density at radius 2 is 0.519 bits per heavy atom. The third-order valence-electron chi connectivity index (χ3n) is 15.2. The third-order valence-corrected chi connectivity index (χ3v) is 15.2. The molecule has 0 fully saturated rings. The van der Waals surface area contributed by atoms with Crippen molar-refractivity contribution in [2.45, 2.75) is 361 Å². The van der Waals surface area contributed by atoms with Gasteiger partial charge >= 0.3 is 17.9 Å². The molecule has 0 saturated heterocycles. The molecular weight excluding hydrogens is 973 g/mol. The fraction of sp³-hybridized carbons (Fsp3) is 0.795. The van der Waals surface area contributed by atoms with E-state index in [2.05, 4.69) is 93.7 Å². The lowest BCUT2D eigenvalue weighted by atomic mass is 10.0. The van der Waals surface area contributed by atoms with E-state index in [4.69, 9.17) is 14.2 Å². The second kappa shape index (κ2) is 67.4. The maximum Gasteiger partial charge on any atom is 0.306 e. The molecule has 6 heteroatoms. The minimum Gasteiger partial charge on any atom is -0.462 e. The van der Waals surface area contributed by atoms with Crippen LogP contribution in [0.3, 0.4) is 0 Å². The van der Waals surface area contributed by atoms with Gasteiger partial charge in [0.05, 0.1) is 0 Å². The zero-order valence-electron chi connectivity index (χ0n) is 52.6. The molecule has 6 nitrogen and oxygen atoms in total. The van der Waals surface area contributed by atoms with E-state index in [9.17, 15) is 14.4 Å². The smallest absolute Gasteiger partial charge is 0.306 e. The molecule has 0 aliphatic rings. The zero-order chi connectivity index (χ0) is 57.1. The minimum absolute atomic E-state index is 0.0732. The van der Waals surface area contributed by atoms with Crippen molar-refractivity contribution in [1.29, 1.82) is 0 Å². The topological polar surface area (TPSA) is 78.9 Å². The molecule has 1 unspecified atom stereocenters. The summed E-state index contributed by atoms with van der Waals surface area (Å²) < 4.78 is 16.9. The van der Waals surface area contributed by atoms with Gasteiger partial charge < -0.3 is 14.2 Å². The number of unbranched alkanes of at least 4 members (excludes halogenated alkanes) is 40. The minimum atomic E-state index is -0.776. The van der Waals surface area contributed by atoms with Crippen molar-refractivity contribution in [1.82, 2.24) is 0 Å². The zero-order valence-corrected chi connectivity index (χ0v) is 52.6. The number of hydrogen-bond acceptors (Lipinski definition) is 6. The van der Waals surface area contributed by atoms with Gasteiger partial charge in [-0.25, -0.2) is 0 Å². The summed E-state index contributed by atoms with van der Waals surface area (Å²) in [5, 5.41) is 0. The van der Waals surface area contributed by atoms with E-state index in [0.29, 0.717) is 19.3 Å². The maximum absolute atomic E-state index is 12.9. The Labute approximate surface area is 491 Å². The molecule has 1 atom stereocenters. The van der Waals surface area contributed by atoms with Crippen LogP contribution in [0.25, 0.3) is 0 Å². The number of carbonyl (C=O) groups is 3. The molecule has 0 rings (SSSR count). The molecule has 0 aliphatic carbocycles. The SMILES string of the molecule is CC/C=C\C/C=C\C/C=C\C/C=C\C/C=C\CCCCCCCCCCCCCCCCCC(=O)OCC(COC(=O)CCCCCCC/C=C\CCC)OC(=O)CCCCCCCCCCCCCCCCCCCCCC. The summed E-state index contributed by atoms with van der Waals surface area (Å²) in [5.74, 6) is -0.864. The highest BCUT2D eigenvalue weighted by Gasteiger charge is 2.19. The molecule has 79 heavy (non-hydrogen) atoms. The summed E-state index contributed by atoms with van der Waals surface area (Å²) in [6.45, 7) is 6.51. The monoisotopic (exact) mass is 1100 g/mol. The van der Waals surface area contributed by atoms with Crippen molar-refractivity contribution in [2.75, 3.05) is 13.2 Å². The van der Waals surface area contributed by atoms with Gasteiger partial charge in [-0.15, -0.1) is 0 Å². The predicted molar refractivity (Wildman–Crippen MR) is 344 cm³/mol. The summed E-state index contributed by atoms with van der Waals surface area (Å²) >= 11 is 0. The van der Waals surface area contributed by atoms with E-state index >= 15 is 0 Å². The molecule has 0 saturated carbocycles. The van der Waals surface area contributed by atoms with Crippen molar-refractivity contribution >= 4 is 17.9 Å². The summed E-state index contributed by atoms with van der Waals surface area (Å²) in [6.07, 6.45) is 88.0. The van der Waals surface area contributed by atoms with Crippen LogP contribution in [-0.2, 0) is 28.6 Å². The van der Waals surface area contributed by atoms with Crippen LogP contribution in [0.1, 0.15) is 355 Å². The lowest BCUT2D eigenvalue weighted by Gasteiger charge is -2.18. The number of esters is 3. The fourth-order valence-corrected chi connectivity index (χ4v) is 10.1. The summed E-state index contributed by atoms with van der Waals surface area (Å²) in [5.41, 5.74) is 0. The van der Waals surface area contributed by atoms with Crippen LogP contribution >= 0.6 is 0 Å². The molecule has 0 spiro atoms. The van der Waals surface area contributed by atoms with Crippen LogP contribution in [0, 0.1) is 0 Å². The lowest BCUT2D eigenvalue weighted by Crippen LogP contribution is -2.30. The van der Waals surface area contributed by atoms with Gasteiger partial charge in [-0.3, -0.25) is 14.4 Å². The molecule has 0 amide bonds. The normalized spacial score (nSPS) is 12.5. The fourth-order valence-electron chi connectivity index (χ4n) is 10.1. The van der Waals surface area contributed by atoms with Crippen LogP contribution in [-0.4, -0.2) is 37.2 Å². The third kappa shape index (κ3) is 65.5. The van der Waals surface area contributed by atoms with Crippen molar-refractivity contribution in [3.63, 3.8) is 0 Å². The number of rotatable bonds is 63. The number of carbonyl (C=O) groups excluding carboxylic acids is 3. The van der Waals surface area contributed by atoms with Crippen LogP contribution in [0.5, 0.6) is 0 Å². The molecule has 0 aromatic heterocycles. The average Bonchev–Trinajstić information content (AvgIpc) is 3.45. The summed E-state index contributed by atoms with van der Waals surface area (Å²) in [7, 11) is 0. The van der Waals surface area contributed by atoms with E-state index in [1.165, 1.54) is 212 Å². The van der Waals surface area contributed by atoms with Gasteiger partial charge in [-0.05, 0) is 83.5 Å². The van der Waals surface area contributed by atoms with Crippen molar-refractivity contribution in [3.8, 4) is 0 Å². The largest absolute Gasteiger partial charge is 0.462 e. The van der Waals surface area contributed by atoms with Crippen LogP contribution < -0.4 is 0 Å². The molecule has 0 aromatic rings. The first-order chi connectivity index (χ1) is 39.0. The summed E-state index contributed by atoms with van der Waals surface area (Å²) in [4.78, 5) is 38.3. The molecule has 0 aromatic carbocycles. The first-order valence-corrected chi connectivity index (χ1v) is 34.4. The Hall–Kier alpha value is -3.15. The Morgan fingerprint density at radius 3 is 0.835 bits per heavy atom. The Kier molecular flexibility index (Phi) is 64.7. The Balaban J connectivity index is 4.13. The predicted octanol–water partition coefficient (Wildman–Crippen LogP) is 23.7. The van der Waals surface area contributed by atoms with E-state index in [-0.39, 0.29) is 31.1 Å². The number of ether oxygens (including phenoxy) is 3. The van der Waals surface area contributed by atoms with Crippen molar-refractivity contribution in [3.05, 3.63) is 72.9 Å². The van der Waals surface area contributed by atoms with E-state index in [0.717, 1.165) is 103 Å². The van der Waals surface area contributed by atoms with E-state index in [1.54, 1.807) is 0 Å². The molecule has 0 heterocycles. The van der Waals surface area contributed by atoms with Gasteiger partial charge in [0.15, 0.2) is 6.10 Å². The number of hydrogen-bond donors (Lipinski definition) is 0. The van der Waals surface area contributed by atoms with Crippen molar-refractivity contribution < 1.29 is 28.6 Å². The molecule has 0 bridgehead atoms. The van der Waals surface area contributed by atoms with Crippen LogP contribution in [0.15, 0.2) is 72.9 Å². The molecular formula is C73H130O6. The molecule has 458 valence electrons. The standard InChI is InChI=1S/C73H130O6/c1-4-7-10-13-16-19-22-24-26-28-30-32-33-34-35-36-37-38-39-40-41-42-44-45-47-49-51-54-57-60-63-66-72(75)78-69-70(68-77-71(74)65-62-59-56-53-21-18-15-12-9-6-3)79-73(76)67-64-61-58-55-52-50-48-46-43-31-29-27-25-23-20-17-14-11-8-5-2/h7,10,12,15-16,19,24,26,30,32,34-35,70H,4-6,8-9,11,13-14,17-18,20-23,25,27-29,31,33,36-69H2,1-3H3/b10-7-,15-12-,19-16-,26-24-,32-30-,35-34-.